The first kappa shape index (κ1) is 25.6. The van der Waals surface area contributed by atoms with Crippen molar-refractivity contribution in [1.82, 2.24) is 19.4 Å². The molecule has 6 nitrogen and oxygen atoms in total. The van der Waals surface area contributed by atoms with Crippen molar-refractivity contribution in [2.24, 2.45) is 11.8 Å². The van der Waals surface area contributed by atoms with Crippen LogP contribution in [-0.4, -0.2) is 63.3 Å². The Kier molecular flexibility index (Phi) is 6.92. The summed E-state index contributed by atoms with van der Waals surface area (Å²) in [5, 5.41) is 1.16. The molecule has 3 aromatic rings. The number of hydrogen-bond acceptors (Lipinski definition) is 4. The number of carbonyl (C=O) groups is 2. The van der Waals surface area contributed by atoms with E-state index in [2.05, 4.69) is 29.9 Å². The Labute approximate surface area is 218 Å². The molecule has 2 aromatic heterocycles. The first-order chi connectivity index (χ1) is 17.6. The average Bonchev–Trinajstić information content (AvgIpc) is 3.46. The summed E-state index contributed by atoms with van der Waals surface area (Å²) in [6.45, 7) is 10.3. The van der Waals surface area contributed by atoms with Crippen molar-refractivity contribution in [3.05, 3.63) is 59.3 Å². The maximum atomic E-state index is 14.3. The van der Waals surface area contributed by atoms with Crippen molar-refractivity contribution in [2.75, 3.05) is 20.1 Å². The lowest BCUT2D eigenvalue weighted by Gasteiger charge is -2.36. The van der Waals surface area contributed by atoms with Crippen molar-refractivity contribution in [2.45, 2.75) is 65.5 Å². The number of nitrogens with zero attached hydrogens (tertiary/aromatic N) is 4. The summed E-state index contributed by atoms with van der Waals surface area (Å²) in [6, 6.07) is 4.89. The van der Waals surface area contributed by atoms with E-state index in [0.29, 0.717) is 34.9 Å². The summed E-state index contributed by atoms with van der Waals surface area (Å²) in [7, 11) is 1.75. The molecule has 2 fully saturated rings. The molecule has 5 rings (SSSR count). The van der Waals surface area contributed by atoms with Gasteiger partial charge in [0.05, 0.1) is 23.0 Å². The summed E-state index contributed by atoms with van der Waals surface area (Å²) in [4.78, 5) is 33.5. The van der Waals surface area contributed by atoms with Crippen LogP contribution in [0.4, 0.5) is 4.39 Å². The number of pyridine rings is 1. The highest BCUT2D eigenvalue weighted by Gasteiger charge is 2.37. The highest BCUT2D eigenvalue weighted by atomic mass is 19.1. The predicted octanol–water partition coefficient (Wildman–Crippen LogP) is 5.19. The number of ketones is 1. The Morgan fingerprint density at radius 3 is 2.68 bits per heavy atom. The lowest BCUT2D eigenvalue weighted by atomic mass is 9.78. The second-order valence-electron chi connectivity index (χ2n) is 11.3. The third-order valence-electron chi connectivity index (χ3n) is 8.59. The summed E-state index contributed by atoms with van der Waals surface area (Å²) < 4.78 is 16.4. The molecular formula is C30H37FN4O2. The largest absolute Gasteiger partial charge is 0.339 e. The Morgan fingerprint density at radius 1 is 1.22 bits per heavy atom. The van der Waals surface area contributed by atoms with Gasteiger partial charge >= 0.3 is 0 Å². The molecule has 1 unspecified atom stereocenters. The zero-order chi connectivity index (χ0) is 26.4. The molecule has 1 aliphatic carbocycles. The van der Waals surface area contributed by atoms with Gasteiger partial charge in [0, 0.05) is 56.3 Å². The van der Waals surface area contributed by atoms with Gasteiger partial charge in [0.1, 0.15) is 11.6 Å². The van der Waals surface area contributed by atoms with Crippen LogP contribution in [-0.2, 0) is 11.2 Å². The molecule has 2 atom stereocenters. The van der Waals surface area contributed by atoms with Gasteiger partial charge in [0.2, 0.25) is 0 Å². The molecule has 0 spiro atoms. The molecule has 0 N–H and O–H groups in total. The van der Waals surface area contributed by atoms with Crippen molar-refractivity contribution >= 4 is 22.6 Å². The van der Waals surface area contributed by atoms with Crippen molar-refractivity contribution in [3.63, 3.8) is 0 Å². The Hall–Kier alpha value is -3.06. The van der Waals surface area contributed by atoms with Crippen molar-refractivity contribution in [1.29, 1.82) is 0 Å². The van der Waals surface area contributed by atoms with Gasteiger partial charge in [-0.1, -0.05) is 0 Å². The van der Waals surface area contributed by atoms with Gasteiger partial charge in [-0.25, -0.2) is 4.39 Å². The van der Waals surface area contributed by atoms with Crippen LogP contribution in [0.1, 0.15) is 61.5 Å². The molecule has 7 heteroatoms. The molecule has 2 aliphatic rings. The lowest BCUT2D eigenvalue weighted by molar-refractivity contribution is -0.128. The lowest BCUT2D eigenvalue weighted by Crippen LogP contribution is -2.43. The molecule has 1 saturated heterocycles. The maximum Gasteiger partial charge on any atom is 0.256 e. The fourth-order valence-electron chi connectivity index (χ4n) is 5.98. The van der Waals surface area contributed by atoms with Crippen LogP contribution < -0.4 is 0 Å². The van der Waals surface area contributed by atoms with Gasteiger partial charge in [-0.15, -0.1) is 0 Å². The molecule has 37 heavy (non-hydrogen) atoms. The number of hydrogen-bond donors (Lipinski definition) is 0. The first-order valence-corrected chi connectivity index (χ1v) is 13.4. The van der Waals surface area contributed by atoms with Crippen LogP contribution in [0.25, 0.3) is 16.6 Å². The number of amides is 1. The minimum Gasteiger partial charge on any atom is -0.339 e. The normalized spacial score (nSPS) is 19.5. The zero-order valence-electron chi connectivity index (χ0n) is 22.5. The van der Waals surface area contributed by atoms with Gasteiger partial charge in [-0.3, -0.25) is 14.6 Å². The molecule has 1 saturated carbocycles. The fraction of sp³-hybridized carbons (Fsp3) is 0.500. The summed E-state index contributed by atoms with van der Waals surface area (Å²) in [5.74, 6) is 0.779. The van der Waals surface area contributed by atoms with E-state index in [1.165, 1.54) is 17.7 Å². The maximum absolute atomic E-state index is 14.3. The van der Waals surface area contributed by atoms with E-state index in [0.717, 1.165) is 55.2 Å². The van der Waals surface area contributed by atoms with Gasteiger partial charge in [-0.2, -0.15) is 0 Å². The average molecular weight is 505 g/mol. The molecule has 3 heterocycles. The van der Waals surface area contributed by atoms with Crippen LogP contribution in [0.5, 0.6) is 0 Å². The van der Waals surface area contributed by atoms with E-state index in [1.807, 2.05) is 30.8 Å². The van der Waals surface area contributed by atoms with Gasteiger partial charge in [0.25, 0.3) is 5.91 Å². The second-order valence-corrected chi connectivity index (χ2v) is 11.3. The number of Topliss-reactive ketones (excluding diaryl/α,β-unsaturated/α-hetero) is 1. The molecular weight excluding hydrogens is 467 g/mol. The number of halogens is 1. The summed E-state index contributed by atoms with van der Waals surface area (Å²) >= 11 is 0. The molecule has 1 amide bonds. The van der Waals surface area contributed by atoms with Crippen LogP contribution in [0, 0.1) is 24.6 Å². The molecule has 0 radical (unpaired) electrons. The topological polar surface area (TPSA) is 58.4 Å². The van der Waals surface area contributed by atoms with Crippen LogP contribution >= 0.6 is 0 Å². The zero-order valence-corrected chi connectivity index (χ0v) is 22.5. The standard InChI is InChI=1S/C30H37FN4O2/c1-18(2)33(5)30(37)26-13-24(31)6-7-27(26)35-17-23(29-19(3)14-32-15-28(29)35)10-21-8-9-34(16-21)20(4)22-11-25(36)12-22/h6-7,13-15,17-18,20-22H,8-12,16H2,1-5H3/t20?,21-/m1/s1. The first-order valence-electron chi connectivity index (χ1n) is 13.4. The Bertz CT molecular complexity index is 1340. The highest BCUT2D eigenvalue weighted by Crippen LogP contribution is 2.35. The number of rotatable bonds is 7. The van der Waals surface area contributed by atoms with Crippen LogP contribution in [0.2, 0.25) is 0 Å². The number of likely N-dealkylation sites (tertiary alicyclic amines) is 1. The number of aromatic nitrogens is 2. The number of fused-ring (bicyclic) bond motifs is 1. The highest BCUT2D eigenvalue weighted by molar-refractivity contribution is 5.99. The van der Waals surface area contributed by atoms with E-state index in [-0.39, 0.29) is 11.9 Å². The smallest absolute Gasteiger partial charge is 0.256 e. The van der Waals surface area contributed by atoms with E-state index >= 15 is 0 Å². The molecule has 1 aromatic carbocycles. The van der Waals surface area contributed by atoms with Gasteiger partial charge in [-0.05, 0) is 88.2 Å². The van der Waals surface area contributed by atoms with E-state index in [4.69, 9.17) is 0 Å². The fourth-order valence-corrected chi connectivity index (χ4v) is 5.98. The van der Waals surface area contributed by atoms with Crippen LogP contribution in [0.15, 0.2) is 36.8 Å². The SMILES string of the molecule is Cc1cncc2c1c(C[C@H]1CCN(C(C)C3CC(=O)C3)C1)cn2-c1ccc(F)cc1C(=O)N(C)C(C)C. The van der Waals surface area contributed by atoms with Crippen molar-refractivity contribution < 1.29 is 14.0 Å². The monoisotopic (exact) mass is 504 g/mol. The summed E-state index contributed by atoms with van der Waals surface area (Å²) in [6.07, 6.45) is 9.36. The van der Waals surface area contributed by atoms with Gasteiger partial charge < -0.3 is 14.4 Å². The number of aryl methyl sites for hydroxylation is 1. The van der Waals surface area contributed by atoms with Gasteiger partial charge in [0.15, 0.2) is 0 Å². The van der Waals surface area contributed by atoms with E-state index < -0.39 is 5.82 Å². The van der Waals surface area contributed by atoms with Crippen molar-refractivity contribution in [3.8, 4) is 5.69 Å². The molecule has 0 bridgehead atoms. The van der Waals surface area contributed by atoms with E-state index in [9.17, 15) is 14.0 Å². The third kappa shape index (κ3) is 4.81. The molecule has 196 valence electrons. The van der Waals surface area contributed by atoms with Crippen LogP contribution in [0.3, 0.4) is 0 Å². The number of benzene rings is 1. The molecule has 1 aliphatic heterocycles. The van der Waals surface area contributed by atoms with E-state index in [1.54, 1.807) is 18.0 Å². The Balaban J connectivity index is 1.48. The predicted molar refractivity (Wildman–Crippen MR) is 144 cm³/mol. The minimum atomic E-state index is -0.427. The quantitative estimate of drug-likeness (QED) is 0.445. The minimum absolute atomic E-state index is 0.00439. The summed E-state index contributed by atoms with van der Waals surface area (Å²) in [5.41, 5.74) is 4.26. The Morgan fingerprint density at radius 2 is 1.97 bits per heavy atom. The number of carbonyl (C=O) groups excluding carboxylic acids is 2. The second kappa shape index (κ2) is 10.0. The third-order valence-corrected chi connectivity index (χ3v) is 8.59.